The third kappa shape index (κ3) is 8.77. The Morgan fingerprint density at radius 3 is 2.29 bits per heavy atom. The Bertz CT molecular complexity index is 1050. The van der Waals surface area contributed by atoms with E-state index in [0.717, 1.165) is 28.8 Å². The van der Waals surface area contributed by atoms with Gasteiger partial charge >= 0.3 is 0 Å². The number of nitrogens with zero attached hydrogens (tertiary/aromatic N) is 1. The van der Waals surface area contributed by atoms with E-state index < -0.39 is 0 Å². The number of benzene rings is 2. The van der Waals surface area contributed by atoms with Gasteiger partial charge in [0.2, 0.25) is 0 Å². The standard InChI is InChI=1S/C22H24N.C5H8O2.Ir/c1-15-11-16(2)13-18(12-15)20-10-9-19-17(14-22(3,4)5)7-6-8-21(19)23-20;1-4(6)3-5(2)7;/h6-12H,14H2,1-5H3;3,6H,1-2H3;/q-1;;/b;4-3-;. The molecule has 3 rings (SSSR count). The summed E-state index contributed by atoms with van der Waals surface area (Å²) in [7, 11) is 0. The van der Waals surface area contributed by atoms with Gasteiger partial charge in [0, 0.05) is 31.6 Å². The summed E-state index contributed by atoms with van der Waals surface area (Å²) < 4.78 is 0. The van der Waals surface area contributed by atoms with Gasteiger partial charge in [-0.2, -0.15) is 0 Å². The normalized spacial score (nSPS) is 11.4. The third-order valence-electron chi connectivity index (χ3n) is 4.38. The van der Waals surface area contributed by atoms with Gasteiger partial charge in [-0.25, -0.2) is 0 Å². The smallest absolute Gasteiger partial charge is 0.155 e. The molecule has 0 aliphatic heterocycles. The Kier molecular flexibility index (Phi) is 9.80. The van der Waals surface area contributed by atoms with Gasteiger partial charge in [-0.05, 0) is 43.0 Å². The quantitative estimate of drug-likeness (QED) is 0.203. The van der Waals surface area contributed by atoms with Gasteiger partial charge in [0.1, 0.15) is 0 Å². The molecule has 0 bridgehead atoms. The molecule has 0 atom stereocenters. The summed E-state index contributed by atoms with van der Waals surface area (Å²) in [4.78, 5) is 14.9. The fourth-order valence-corrected chi connectivity index (χ4v) is 3.42. The Morgan fingerprint density at radius 2 is 1.77 bits per heavy atom. The van der Waals surface area contributed by atoms with Crippen molar-refractivity contribution in [2.24, 2.45) is 5.41 Å². The van der Waals surface area contributed by atoms with E-state index in [1.54, 1.807) is 0 Å². The average Bonchev–Trinajstić information content (AvgIpc) is 2.59. The summed E-state index contributed by atoms with van der Waals surface area (Å²) in [5.74, 6) is -0.0625. The molecule has 31 heavy (non-hydrogen) atoms. The van der Waals surface area contributed by atoms with Crippen molar-refractivity contribution >= 4 is 16.7 Å². The second kappa shape index (κ2) is 11.4. The van der Waals surface area contributed by atoms with E-state index in [0.29, 0.717) is 0 Å². The zero-order valence-electron chi connectivity index (χ0n) is 19.5. The van der Waals surface area contributed by atoms with Crippen molar-refractivity contribution in [3.05, 3.63) is 77.1 Å². The van der Waals surface area contributed by atoms with Crippen LogP contribution in [0, 0.1) is 25.3 Å². The second-order valence-corrected chi connectivity index (χ2v) is 9.07. The number of hydrogen-bond donors (Lipinski definition) is 1. The number of carbonyl (C=O) groups is 1. The molecule has 2 aromatic carbocycles. The Labute approximate surface area is 200 Å². The van der Waals surface area contributed by atoms with Crippen LogP contribution in [0.4, 0.5) is 0 Å². The predicted octanol–water partition coefficient (Wildman–Crippen LogP) is 6.94. The first-order valence-electron chi connectivity index (χ1n) is 10.2. The van der Waals surface area contributed by atoms with Gasteiger partial charge in [0.25, 0.3) is 0 Å². The fourth-order valence-electron chi connectivity index (χ4n) is 3.42. The van der Waals surface area contributed by atoms with Crippen LogP contribution in [0.2, 0.25) is 0 Å². The number of carbonyl (C=O) groups excluding carboxylic acids is 1. The third-order valence-corrected chi connectivity index (χ3v) is 4.38. The van der Waals surface area contributed by atoms with Gasteiger partial charge in [-0.3, -0.25) is 9.78 Å². The van der Waals surface area contributed by atoms with E-state index in [1.165, 1.54) is 36.4 Å². The maximum absolute atomic E-state index is 10.0. The summed E-state index contributed by atoms with van der Waals surface area (Å²) in [5, 5.41) is 9.62. The maximum atomic E-state index is 10.0. The average molecular weight is 595 g/mol. The topological polar surface area (TPSA) is 50.2 Å². The molecule has 0 fully saturated rings. The van der Waals surface area contributed by atoms with Crippen molar-refractivity contribution in [1.82, 2.24) is 4.98 Å². The molecule has 0 aliphatic rings. The molecule has 167 valence electrons. The van der Waals surface area contributed by atoms with Gasteiger partial charge in [-0.15, -0.1) is 34.9 Å². The van der Waals surface area contributed by atoms with Crippen molar-refractivity contribution in [3.8, 4) is 11.3 Å². The van der Waals surface area contributed by atoms with E-state index in [2.05, 4.69) is 83.1 Å². The molecule has 0 saturated heterocycles. The molecule has 1 heterocycles. The number of aryl methyl sites for hydroxylation is 2. The van der Waals surface area contributed by atoms with E-state index in [4.69, 9.17) is 10.1 Å². The number of hydrogen-bond acceptors (Lipinski definition) is 3. The number of fused-ring (bicyclic) bond motifs is 1. The van der Waals surface area contributed by atoms with Crippen molar-refractivity contribution in [2.75, 3.05) is 0 Å². The molecule has 0 saturated carbocycles. The SMILES string of the molecule is CC(=O)/C=C(/C)O.Cc1[c-]c(-c2ccc3c(CC(C)(C)C)cccc3n2)cc(C)c1.[Ir]. The van der Waals surface area contributed by atoms with Gasteiger partial charge < -0.3 is 5.11 Å². The number of rotatable bonds is 3. The van der Waals surface area contributed by atoms with E-state index >= 15 is 0 Å². The number of aromatic nitrogens is 1. The first-order valence-corrected chi connectivity index (χ1v) is 10.2. The molecule has 3 aromatic rings. The molecule has 0 amide bonds. The minimum atomic E-state index is -0.125. The van der Waals surface area contributed by atoms with Gasteiger partial charge in [0.15, 0.2) is 5.78 Å². The molecule has 0 unspecified atom stereocenters. The molecule has 1 N–H and O–H groups in total. The van der Waals surface area contributed by atoms with Crippen LogP contribution in [-0.2, 0) is 31.3 Å². The van der Waals surface area contributed by atoms with Crippen LogP contribution in [0.3, 0.4) is 0 Å². The monoisotopic (exact) mass is 595 g/mol. The predicted molar refractivity (Wildman–Crippen MR) is 126 cm³/mol. The van der Waals surface area contributed by atoms with Crippen LogP contribution in [-0.4, -0.2) is 15.9 Å². The number of aliphatic hydroxyl groups excluding tert-OH is 1. The first kappa shape index (κ1) is 26.7. The molecular weight excluding hydrogens is 563 g/mol. The molecule has 4 heteroatoms. The van der Waals surface area contributed by atoms with Crippen molar-refractivity contribution in [3.63, 3.8) is 0 Å². The summed E-state index contributed by atoms with van der Waals surface area (Å²) in [6, 6.07) is 18.5. The molecular formula is C27H32IrNO2-. The minimum absolute atomic E-state index is 0. The van der Waals surface area contributed by atoms with Crippen molar-refractivity contribution in [1.29, 1.82) is 0 Å². The molecule has 0 aliphatic carbocycles. The van der Waals surface area contributed by atoms with Crippen LogP contribution in [0.15, 0.2) is 54.3 Å². The van der Waals surface area contributed by atoms with Crippen LogP contribution in [0.25, 0.3) is 22.2 Å². The molecule has 3 nitrogen and oxygen atoms in total. The van der Waals surface area contributed by atoms with Crippen LogP contribution >= 0.6 is 0 Å². The van der Waals surface area contributed by atoms with Crippen LogP contribution < -0.4 is 0 Å². The largest absolute Gasteiger partial charge is 0.512 e. The summed E-state index contributed by atoms with van der Waals surface area (Å²) >= 11 is 0. The molecule has 1 aromatic heterocycles. The Hall–Kier alpha value is -2.29. The van der Waals surface area contributed by atoms with E-state index in [9.17, 15) is 4.79 Å². The van der Waals surface area contributed by atoms with Crippen molar-refractivity contribution < 1.29 is 30.0 Å². The van der Waals surface area contributed by atoms with Crippen molar-refractivity contribution in [2.45, 2.75) is 54.9 Å². The summed E-state index contributed by atoms with van der Waals surface area (Å²) in [6.45, 7) is 13.9. The second-order valence-electron chi connectivity index (χ2n) is 9.07. The zero-order chi connectivity index (χ0) is 22.5. The van der Waals surface area contributed by atoms with E-state index in [-0.39, 0.29) is 37.1 Å². The zero-order valence-corrected chi connectivity index (χ0v) is 21.9. The van der Waals surface area contributed by atoms with Crippen LogP contribution in [0.1, 0.15) is 51.3 Å². The molecule has 1 radical (unpaired) electrons. The Morgan fingerprint density at radius 1 is 1.10 bits per heavy atom. The number of ketones is 1. The first-order chi connectivity index (χ1) is 13.9. The van der Waals surface area contributed by atoms with Gasteiger partial charge in [-0.1, -0.05) is 58.9 Å². The molecule has 0 spiro atoms. The van der Waals surface area contributed by atoms with Gasteiger partial charge in [0.05, 0.1) is 11.3 Å². The summed E-state index contributed by atoms with van der Waals surface area (Å²) in [5.41, 5.74) is 7.19. The van der Waals surface area contributed by atoms with E-state index in [1.807, 2.05) is 0 Å². The number of allylic oxidation sites excluding steroid dienone is 2. The van der Waals surface area contributed by atoms with Crippen LogP contribution in [0.5, 0.6) is 0 Å². The maximum Gasteiger partial charge on any atom is 0.155 e. The summed E-state index contributed by atoms with van der Waals surface area (Å²) in [6.07, 6.45) is 2.22. The fraction of sp³-hybridized carbons (Fsp3) is 0.333. The minimum Gasteiger partial charge on any atom is -0.512 e. The Balaban J connectivity index is 0.000000523. The number of aliphatic hydroxyl groups is 1. The number of pyridine rings is 1.